The van der Waals surface area contributed by atoms with Crippen molar-refractivity contribution in [2.75, 3.05) is 27.2 Å². The van der Waals surface area contributed by atoms with Crippen molar-refractivity contribution in [3.63, 3.8) is 0 Å². The van der Waals surface area contributed by atoms with Crippen molar-refractivity contribution in [1.82, 2.24) is 15.5 Å². The summed E-state index contributed by atoms with van der Waals surface area (Å²) in [6, 6.07) is 2.73. The van der Waals surface area contributed by atoms with Crippen LogP contribution in [0.5, 0.6) is 0 Å². The summed E-state index contributed by atoms with van der Waals surface area (Å²) in [6.07, 6.45) is 2.20. The molecule has 7 heteroatoms. The fraction of sp³-hybridized carbons (Fsp3) is 0.667. The predicted molar refractivity (Wildman–Crippen MR) is 97.8 cm³/mol. The molecule has 0 aromatic carbocycles. The number of ether oxygens (including phenoxy) is 1. The number of nitrogens with one attached hydrogen (secondary N) is 2. The summed E-state index contributed by atoms with van der Waals surface area (Å²) in [6.45, 7) is 8.90. The Hall–Kier alpha value is -2.02. The highest BCUT2D eigenvalue weighted by molar-refractivity contribution is 5.90. The van der Waals surface area contributed by atoms with E-state index in [1.807, 2.05) is 0 Å². The molecule has 1 fully saturated rings. The number of guanidine groups is 1. The molecule has 1 aromatic rings. The Labute approximate surface area is 149 Å². The van der Waals surface area contributed by atoms with Crippen molar-refractivity contribution < 1.29 is 13.9 Å². The number of nitrogens with zero attached hydrogens (tertiary/aromatic N) is 2. The van der Waals surface area contributed by atoms with Crippen molar-refractivity contribution in [2.45, 2.75) is 52.2 Å². The Morgan fingerprint density at radius 1 is 1.44 bits per heavy atom. The molecular formula is C18H30N4O3. The Morgan fingerprint density at radius 3 is 2.68 bits per heavy atom. The van der Waals surface area contributed by atoms with E-state index in [0.29, 0.717) is 35.7 Å². The van der Waals surface area contributed by atoms with Crippen molar-refractivity contribution >= 4 is 11.9 Å². The number of methoxy groups -OCH3 is 1. The van der Waals surface area contributed by atoms with Gasteiger partial charge in [-0.2, -0.15) is 0 Å². The number of hydrogen-bond donors (Lipinski definition) is 2. The Bertz CT molecular complexity index is 601. The lowest BCUT2D eigenvalue weighted by molar-refractivity contribution is 0.0599. The molecule has 2 heterocycles. The van der Waals surface area contributed by atoms with E-state index in [2.05, 4.69) is 34.4 Å². The molecule has 0 atom stereocenters. The van der Waals surface area contributed by atoms with Gasteiger partial charge < -0.3 is 24.7 Å². The molecule has 140 valence electrons. The van der Waals surface area contributed by atoms with Gasteiger partial charge in [0.2, 0.25) is 0 Å². The summed E-state index contributed by atoms with van der Waals surface area (Å²) in [5.41, 5.74) is 0.461. The molecule has 0 bridgehead atoms. The lowest BCUT2D eigenvalue weighted by Gasteiger charge is -2.35. The first-order valence-electron chi connectivity index (χ1n) is 8.83. The summed E-state index contributed by atoms with van der Waals surface area (Å²) >= 11 is 0. The van der Waals surface area contributed by atoms with Gasteiger partial charge >= 0.3 is 5.97 Å². The van der Waals surface area contributed by atoms with Crippen LogP contribution >= 0.6 is 0 Å². The number of aliphatic imine (C=N–C) groups is 1. The smallest absolute Gasteiger partial charge is 0.341 e. The molecule has 2 N–H and O–H groups in total. The van der Waals surface area contributed by atoms with Crippen LogP contribution in [0.25, 0.3) is 0 Å². The molecule has 1 aromatic heterocycles. The normalized spacial score (nSPS) is 17.0. The van der Waals surface area contributed by atoms with E-state index < -0.39 is 0 Å². The lowest BCUT2D eigenvalue weighted by atomic mass is 10.0. The minimum absolute atomic E-state index is 0.382. The zero-order chi connectivity index (χ0) is 18.4. The van der Waals surface area contributed by atoms with Crippen LogP contribution in [0.3, 0.4) is 0 Å². The molecule has 0 spiro atoms. The topological polar surface area (TPSA) is 79.1 Å². The number of furan rings is 1. The number of carbonyl (C=O) groups is 1. The highest BCUT2D eigenvalue weighted by Crippen LogP contribution is 2.16. The van der Waals surface area contributed by atoms with Crippen LogP contribution in [0.15, 0.2) is 15.5 Å². The molecule has 25 heavy (non-hydrogen) atoms. The molecule has 0 amide bonds. The van der Waals surface area contributed by atoms with Gasteiger partial charge in [-0.05, 0) is 39.7 Å². The second-order valence-electron chi connectivity index (χ2n) is 6.65. The SMILES string of the molecule is CN=C(NCc1cc(C(=O)OC)c(C)o1)NC1CCN(C(C)C)CC1. The summed E-state index contributed by atoms with van der Waals surface area (Å²) in [4.78, 5) is 18.4. The summed E-state index contributed by atoms with van der Waals surface area (Å²) in [5.74, 6) is 1.60. The largest absolute Gasteiger partial charge is 0.465 e. The highest BCUT2D eigenvalue weighted by atomic mass is 16.5. The van der Waals surface area contributed by atoms with E-state index in [-0.39, 0.29) is 5.97 Å². The molecule has 1 saturated heterocycles. The van der Waals surface area contributed by atoms with E-state index in [1.165, 1.54) is 7.11 Å². The fourth-order valence-corrected chi connectivity index (χ4v) is 3.06. The maximum Gasteiger partial charge on any atom is 0.341 e. The highest BCUT2D eigenvalue weighted by Gasteiger charge is 2.21. The molecule has 0 saturated carbocycles. The quantitative estimate of drug-likeness (QED) is 0.480. The van der Waals surface area contributed by atoms with Gasteiger partial charge in [0.15, 0.2) is 5.96 Å². The number of esters is 1. The molecular weight excluding hydrogens is 320 g/mol. The van der Waals surface area contributed by atoms with Crippen LogP contribution in [0.4, 0.5) is 0 Å². The minimum atomic E-state index is -0.382. The summed E-state index contributed by atoms with van der Waals surface area (Å²) in [7, 11) is 3.12. The zero-order valence-electron chi connectivity index (χ0n) is 15.9. The molecule has 7 nitrogen and oxygen atoms in total. The standard InChI is InChI=1S/C18H30N4O3/c1-12(2)22-8-6-14(7-9-22)21-18(19-4)20-11-15-10-16(13(3)25-15)17(23)24-5/h10,12,14H,6-9,11H2,1-5H3,(H2,19,20,21). The second-order valence-corrected chi connectivity index (χ2v) is 6.65. The predicted octanol–water partition coefficient (Wildman–Crippen LogP) is 1.91. The molecule has 1 aliphatic heterocycles. The van der Waals surface area contributed by atoms with Gasteiger partial charge in [0.25, 0.3) is 0 Å². The van der Waals surface area contributed by atoms with Crippen LogP contribution in [0, 0.1) is 6.92 Å². The van der Waals surface area contributed by atoms with E-state index in [4.69, 9.17) is 9.15 Å². The molecule has 0 aliphatic carbocycles. The lowest BCUT2D eigenvalue weighted by Crippen LogP contribution is -2.49. The van der Waals surface area contributed by atoms with Gasteiger partial charge in [0.05, 0.1) is 13.7 Å². The van der Waals surface area contributed by atoms with E-state index in [0.717, 1.165) is 31.9 Å². The van der Waals surface area contributed by atoms with Crippen molar-refractivity contribution in [3.8, 4) is 0 Å². The number of hydrogen-bond acceptors (Lipinski definition) is 5. The summed E-state index contributed by atoms with van der Waals surface area (Å²) < 4.78 is 10.4. The number of rotatable bonds is 5. The van der Waals surface area contributed by atoms with E-state index in [1.54, 1.807) is 20.0 Å². The van der Waals surface area contributed by atoms with Crippen molar-refractivity contribution in [3.05, 3.63) is 23.2 Å². The van der Waals surface area contributed by atoms with Gasteiger partial charge in [-0.3, -0.25) is 4.99 Å². The van der Waals surface area contributed by atoms with E-state index in [9.17, 15) is 4.79 Å². The first-order valence-corrected chi connectivity index (χ1v) is 8.83. The van der Waals surface area contributed by atoms with Gasteiger partial charge in [-0.15, -0.1) is 0 Å². The van der Waals surface area contributed by atoms with Gasteiger partial charge in [-0.1, -0.05) is 0 Å². The Kier molecular flexibility index (Phi) is 6.87. The van der Waals surface area contributed by atoms with E-state index >= 15 is 0 Å². The number of likely N-dealkylation sites (tertiary alicyclic amines) is 1. The number of carbonyl (C=O) groups excluding carboxylic acids is 1. The van der Waals surface area contributed by atoms with Crippen molar-refractivity contribution in [1.29, 1.82) is 0 Å². The fourth-order valence-electron chi connectivity index (χ4n) is 3.06. The van der Waals surface area contributed by atoms with Crippen molar-refractivity contribution in [2.24, 2.45) is 4.99 Å². The van der Waals surface area contributed by atoms with Crippen LogP contribution in [0.2, 0.25) is 0 Å². The maximum atomic E-state index is 11.6. The molecule has 0 unspecified atom stereocenters. The minimum Gasteiger partial charge on any atom is -0.465 e. The van der Waals surface area contributed by atoms with Crippen LogP contribution in [-0.2, 0) is 11.3 Å². The number of piperidine rings is 1. The zero-order valence-corrected chi connectivity index (χ0v) is 15.9. The second kappa shape index (κ2) is 8.89. The van der Waals surface area contributed by atoms with Gasteiger partial charge in [0, 0.05) is 32.2 Å². The summed E-state index contributed by atoms with van der Waals surface area (Å²) in [5, 5.41) is 6.71. The third kappa shape index (κ3) is 5.22. The third-order valence-corrected chi connectivity index (χ3v) is 4.63. The average molecular weight is 350 g/mol. The molecule has 2 rings (SSSR count). The third-order valence-electron chi connectivity index (χ3n) is 4.63. The van der Waals surface area contributed by atoms with Crippen LogP contribution < -0.4 is 10.6 Å². The van der Waals surface area contributed by atoms with Gasteiger partial charge in [0.1, 0.15) is 17.1 Å². The monoisotopic (exact) mass is 350 g/mol. The van der Waals surface area contributed by atoms with Crippen LogP contribution in [-0.4, -0.2) is 56.2 Å². The first kappa shape index (κ1) is 19.3. The first-order chi connectivity index (χ1) is 11.9. The maximum absolute atomic E-state index is 11.6. The van der Waals surface area contributed by atoms with Gasteiger partial charge in [-0.25, -0.2) is 4.79 Å². The molecule has 1 aliphatic rings. The Balaban J connectivity index is 1.84. The molecule has 0 radical (unpaired) electrons. The van der Waals surface area contributed by atoms with Crippen LogP contribution in [0.1, 0.15) is 48.6 Å². The Morgan fingerprint density at radius 2 is 2.12 bits per heavy atom. The number of aryl methyl sites for hydroxylation is 1. The average Bonchev–Trinajstić information content (AvgIpc) is 2.99.